The molecule has 55 heavy (non-hydrogen) atoms. The molecule has 1 aromatic heterocycles. The van der Waals surface area contributed by atoms with Crippen LogP contribution in [0.2, 0.25) is 0 Å². The van der Waals surface area contributed by atoms with E-state index in [0.29, 0.717) is 0 Å². The summed E-state index contributed by atoms with van der Waals surface area (Å²) in [4.78, 5) is 2.38. The molecule has 1 heterocycles. The molecule has 1 aliphatic rings. The highest BCUT2D eigenvalue weighted by Crippen LogP contribution is 2.52. The topological polar surface area (TPSA) is 8.17 Å². The molecule has 11 rings (SSSR count). The minimum absolute atomic E-state index is 0.219. The minimum atomic E-state index is -0.219. The van der Waals surface area contributed by atoms with Crippen LogP contribution in [0, 0.1) is 0 Å². The summed E-state index contributed by atoms with van der Waals surface area (Å²) in [6, 6.07) is 71.2. The lowest BCUT2D eigenvalue weighted by atomic mass is 9.82. The first-order valence-corrected chi connectivity index (χ1v) is 19.2. The quantitative estimate of drug-likeness (QED) is 0.162. The number of aromatic nitrogens is 1. The summed E-state index contributed by atoms with van der Waals surface area (Å²) in [6.45, 7) is 4.78. The van der Waals surface area contributed by atoms with E-state index in [1.165, 1.54) is 82.4 Å². The molecule has 2 heteroatoms. The lowest BCUT2D eigenvalue weighted by Gasteiger charge is -2.28. The molecule has 0 amide bonds. The van der Waals surface area contributed by atoms with E-state index in [1.807, 2.05) is 0 Å². The van der Waals surface area contributed by atoms with E-state index >= 15 is 0 Å². The maximum absolute atomic E-state index is 2.51. The smallest absolute Gasteiger partial charge is 0.0625 e. The lowest BCUT2D eigenvalue weighted by molar-refractivity contribution is 0.660. The van der Waals surface area contributed by atoms with Gasteiger partial charge in [-0.3, -0.25) is 0 Å². The molecular formula is C53H38N2. The molecule has 0 saturated heterocycles. The van der Waals surface area contributed by atoms with Crippen LogP contribution in [0.3, 0.4) is 0 Å². The predicted octanol–water partition coefficient (Wildman–Crippen LogP) is 14.5. The van der Waals surface area contributed by atoms with Crippen molar-refractivity contribution in [1.82, 2.24) is 4.57 Å². The maximum atomic E-state index is 2.51. The van der Waals surface area contributed by atoms with Crippen molar-refractivity contribution in [2.75, 3.05) is 4.90 Å². The molecule has 0 N–H and O–H groups in total. The van der Waals surface area contributed by atoms with E-state index in [2.05, 4.69) is 217 Å². The molecule has 0 bridgehead atoms. The summed E-state index contributed by atoms with van der Waals surface area (Å²) in [5.74, 6) is 0. The van der Waals surface area contributed by atoms with Crippen LogP contribution >= 0.6 is 0 Å². The number of rotatable bonds is 5. The van der Waals surface area contributed by atoms with Crippen molar-refractivity contribution < 1.29 is 0 Å². The van der Waals surface area contributed by atoms with E-state index < -0.39 is 0 Å². The molecule has 0 spiro atoms. The third-order valence-electron chi connectivity index (χ3n) is 12.0. The molecule has 0 saturated carbocycles. The van der Waals surface area contributed by atoms with Gasteiger partial charge >= 0.3 is 0 Å². The zero-order valence-electron chi connectivity index (χ0n) is 30.9. The number of anilines is 3. The summed E-state index contributed by atoms with van der Waals surface area (Å²) in [5.41, 5.74) is 14.6. The SMILES string of the molecule is CC1(C)c2cc(N(c3ccccc3)c3ccc(-c4ccccc4)cc3)ccc2-c2ccc(-n3c4ccccc4c4c5ccccc5c5ccccc5c43)cc21. The highest BCUT2D eigenvalue weighted by Gasteiger charge is 2.36. The van der Waals surface area contributed by atoms with Crippen LogP contribution in [0.1, 0.15) is 25.0 Å². The van der Waals surface area contributed by atoms with E-state index in [4.69, 9.17) is 0 Å². The molecule has 0 radical (unpaired) electrons. The van der Waals surface area contributed by atoms with Crippen LogP contribution in [-0.4, -0.2) is 4.57 Å². The Balaban J connectivity index is 1.07. The third-order valence-corrected chi connectivity index (χ3v) is 12.0. The predicted molar refractivity (Wildman–Crippen MR) is 233 cm³/mol. The molecule has 260 valence electrons. The molecule has 9 aromatic carbocycles. The zero-order chi connectivity index (χ0) is 36.7. The Morgan fingerprint density at radius 2 is 0.909 bits per heavy atom. The van der Waals surface area contributed by atoms with Crippen molar-refractivity contribution in [3.63, 3.8) is 0 Å². The molecule has 2 nitrogen and oxygen atoms in total. The number of hydrogen-bond acceptors (Lipinski definition) is 1. The van der Waals surface area contributed by atoms with Gasteiger partial charge in [0, 0.05) is 44.3 Å². The fourth-order valence-electron chi connectivity index (χ4n) is 9.35. The summed E-state index contributed by atoms with van der Waals surface area (Å²) in [7, 11) is 0. The van der Waals surface area contributed by atoms with Crippen molar-refractivity contribution in [2.45, 2.75) is 19.3 Å². The molecule has 10 aromatic rings. The van der Waals surface area contributed by atoms with E-state index in [1.54, 1.807) is 0 Å². The number of para-hydroxylation sites is 2. The first-order valence-electron chi connectivity index (χ1n) is 19.2. The van der Waals surface area contributed by atoms with Crippen LogP contribution < -0.4 is 4.90 Å². The Morgan fingerprint density at radius 1 is 0.400 bits per heavy atom. The summed E-state index contributed by atoms with van der Waals surface area (Å²) < 4.78 is 2.51. The van der Waals surface area contributed by atoms with E-state index in [0.717, 1.165) is 17.1 Å². The summed E-state index contributed by atoms with van der Waals surface area (Å²) >= 11 is 0. The Bertz CT molecular complexity index is 3100. The van der Waals surface area contributed by atoms with Gasteiger partial charge < -0.3 is 9.47 Å². The number of nitrogens with zero attached hydrogens (tertiary/aromatic N) is 2. The van der Waals surface area contributed by atoms with Gasteiger partial charge in [0.1, 0.15) is 0 Å². The Morgan fingerprint density at radius 3 is 1.64 bits per heavy atom. The first-order chi connectivity index (χ1) is 27.1. The largest absolute Gasteiger partial charge is 0.310 e. The van der Waals surface area contributed by atoms with Crippen molar-refractivity contribution in [3.05, 3.63) is 205 Å². The van der Waals surface area contributed by atoms with Crippen molar-refractivity contribution >= 4 is 60.4 Å². The fraction of sp³-hybridized carbons (Fsp3) is 0.0566. The van der Waals surface area contributed by atoms with E-state index in [-0.39, 0.29) is 5.41 Å². The van der Waals surface area contributed by atoms with Gasteiger partial charge in [-0.1, -0.05) is 153 Å². The number of hydrogen-bond donors (Lipinski definition) is 0. The van der Waals surface area contributed by atoms with Crippen molar-refractivity contribution in [1.29, 1.82) is 0 Å². The highest BCUT2D eigenvalue weighted by molar-refractivity contribution is 6.32. The van der Waals surface area contributed by atoms with Crippen molar-refractivity contribution in [3.8, 4) is 27.9 Å². The molecule has 0 aliphatic heterocycles. The van der Waals surface area contributed by atoms with Crippen LogP contribution in [0.25, 0.3) is 71.3 Å². The summed E-state index contributed by atoms with van der Waals surface area (Å²) in [6.07, 6.45) is 0. The second kappa shape index (κ2) is 12.1. The van der Waals surface area contributed by atoms with Crippen LogP contribution in [-0.2, 0) is 5.41 Å². The fourth-order valence-corrected chi connectivity index (χ4v) is 9.35. The van der Waals surface area contributed by atoms with Gasteiger partial charge in [-0.25, -0.2) is 0 Å². The lowest BCUT2D eigenvalue weighted by Crippen LogP contribution is -2.17. The average molecular weight is 703 g/mol. The molecule has 0 atom stereocenters. The second-order valence-electron chi connectivity index (χ2n) is 15.3. The molecule has 1 aliphatic carbocycles. The minimum Gasteiger partial charge on any atom is -0.310 e. The van der Waals surface area contributed by atoms with Crippen LogP contribution in [0.5, 0.6) is 0 Å². The highest BCUT2D eigenvalue weighted by atomic mass is 15.1. The van der Waals surface area contributed by atoms with Gasteiger partial charge in [0.15, 0.2) is 0 Å². The van der Waals surface area contributed by atoms with Gasteiger partial charge in [0.25, 0.3) is 0 Å². The number of benzene rings is 9. The van der Waals surface area contributed by atoms with Crippen LogP contribution in [0.15, 0.2) is 194 Å². The second-order valence-corrected chi connectivity index (χ2v) is 15.3. The zero-order valence-corrected chi connectivity index (χ0v) is 30.9. The Kier molecular flexibility index (Phi) is 6.93. The van der Waals surface area contributed by atoms with Crippen LogP contribution in [0.4, 0.5) is 17.1 Å². The van der Waals surface area contributed by atoms with Gasteiger partial charge in [0.05, 0.1) is 11.0 Å². The third kappa shape index (κ3) is 4.74. The van der Waals surface area contributed by atoms with E-state index in [9.17, 15) is 0 Å². The van der Waals surface area contributed by atoms with Crippen molar-refractivity contribution in [2.24, 2.45) is 0 Å². The molecule has 0 unspecified atom stereocenters. The normalized spacial score (nSPS) is 13.1. The maximum Gasteiger partial charge on any atom is 0.0625 e. The van der Waals surface area contributed by atoms with Gasteiger partial charge in [-0.2, -0.15) is 0 Å². The standard InChI is InChI=1S/C53H38N2/c1-53(2)48-33-39(54(37-17-7-4-8-18-37)38-27-25-36(26-28-38)35-15-5-3-6-16-35)29-31-43(48)44-32-30-40(34-49(44)53)55-50-24-14-13-23-47(50)51-45-21-11-9-19-41(45)42-20-10-12-22-46(42)52(51)55/h3-34H,1-2H3. The van der Waals surface area contributed by atoms with Gasteiger partial charge in [-0.05, 0) is 104 Å². The number of fused-ring (bicyclic) bond motifs is 11. The van der Waals surface area contributed by atoms with Gasteiger partial charge in [-0.15, -0.1) is 0 Å². The summed E-state index contributed by atoms with van der Waals surface area (Å²) in [5, 5.41) is 7.75. The molecule has 0 fully saturated rings. The Labute approximate surface area is 321 Å². The van der Waals surface area contributed by atoms with Gasteiger partial charge in [0.2, 0.25) is 0 Å². The monoisotopic (exact) mass is 702 g/mol. The average Bonchev–Trinajstić information content (AvgIpc) is 3.71. The first kappa shape index (κ1) is 31.6. The molecular weight excluding hydrogens is 665 g/mol. The Hall–Kier alpha value is -6.90.